The van der Waals surface area contributed by atoms with Crippen molar-refractivity contribution in [1.29, 1.82) is 5.26 Å². The van der Waals surface area contributed by atoms with Crippen LogP contribution in [0.3, 0.4) is 0 Å². The Bertz CT molecular complexity index is 679. The topological polar surface area (TPSA) is 52.5 Å². The van der Waals surface area contributed by atoms with Gasteiger partial charge < -0.3 is 4.98 Å². The SMILES string of the molecule is N#CB1CCC[C@H]1c1ncc(-c2ccc(Br)c(F)c2)[nH]1. The largest absolute Gasteiger partial charge is 0.342 e. The van der Waals surface area contributed by atoms with Crippen molar-refractivity contribution in [2.75, 3.05) is 0 Å². The summed E-state index contributed by atoms with van der Waals surface area (Å²) in [6.07, 6.45) is 4.70. The van der Waals surface area contributed by atoms with Crippen LogP contribution in [0.1, 0.15) is 24.5 Å². The van der Waals surface area contributed by atoms with E-state index in [0.29, 0.717) is 4.47 Å². The molecule has 1 aliphatic rings. The smallest absolute Gasteiger partial charge is 0.278 e. The third kappa shape index (κ3) is 2.38. The number of hydrogen-bond acceptors (Lipinski definition) is 2. The van der Waals surface area contributed by atoms with Gasteiger partial charge in [-0.15, -0.1) is 0 Å². The zero-order chi connectivity index (χ0) is 14.1. The average molecular weight is 332 g/mol. The van der Waals surface area contributed by atoms with E-state index in [9.17, 15) is 4.39 Å². The summed E-state index contributed by atoms with van der Waals surface area (Å²) in [6.45, 7) is 0.0376. The zero-order valence-electron chi connectivity index (χ0n) is 10.7. The lowest BCUT2D eigenvalue weighted by atomic mass is 9.44. The fourth-order valence-electron chi connectivity index (χ4n) is 2.78. The summed E-state index contributed by atoms with van der Waals surface area (Å²) in [7, 11) is 0. The van der Waals surface area contributed by atoms with Crippen LogP contribution in [-0.4, -0.2) is 16.7 Å². The molecule has 6 heteroatoms. The van der Waals surface area contributed by atoms with Crippen LogP contribution < -0.4 is 0 Å². The van der Waals surface area contributed by atoms with Gasteiger partial charge in [-0.25, -0.2) is 14.6 Å². The van der Waals surface area contributed by atoms with Gasteiger partial charge >= 0.3 is 0 Å². The monoisotopic (exact) mass is 331 g/mol. The predicted molar refractivity (Wildman–Crippen MR) is 79.8 cm³/mol. The number of imidazole rings is 1. The second-order valence-corrected chi connectivity index (χ2v) is 5.94. The van der Waals surface area contributed by atoms with Gasteiger partial charge in [0.25, 0.3) is 6.71 Å². The molecule has 0 spiro atoms. The number of hydrogen-bond donors (Lipinski definition) is 1. The molecule has 0 saturated carbocycles. The Hall–Kier alpha value is -1.61. The van der Waals surface area contributed by atoms with E-state index in [-0.39, 0.29) is 18.3 Å². The molecule has 0 aliphatic carbocycles. The Morgan fingerprint density at radius 1 is 1.50 bits per heavy atom. The van der Waals surface area contributed by atoms with Gasteiger partial charge in [0.2, 0.25) is 0 Å². The van der Waals surface area contributed by atoms with Gasteiger partial charge in [0.05, 0.1) is 16.4 Å². The molecule has 1 atom stereocenters. The summed E-state index contributed by atoms with van der Waals surface area (Å²) in [5.41, 5.74) is 1.55. The number of benzene rings is 1. The second-order valence-electron chi connectivity index (χ2n) is 5.08. The summed E-state index contributed by atoms with van der Waals surface area (Å²) in [5.74, 6) is 3.07. The molecule has 2 heterocycles. The van der Waals surface area contributed by atoms with E-state index < -0.39 is 0 Å². The van der Waals surface area contributed by atoms with Crippen LogP contribution in [0.2, 0.25) is 6.32 Å². The zero-order valence-corrected chi connectivity index (χ0v) is 12.3. The average Bonchev–Trinajstić information content (AvgIpc) is 3.09. The van der Waals surface area contributed by atoms with Crippen molar-refractivity contribution in [2.24, 2.45) is 0 Å². The van der Waals surface area contributed by atoms with Crippen molar-refractivity contribution in [1.82, 2.24) is 9.97 Å². The number of halogens is 2. The lowest BCUT2D eigenvalue weighted by molar-refractivity contribution is 0.621. The van der Waals surface area contributed by atoms with Gasteiger partial charge in [0, 0.05) is 17.3 Å². The van der Waals surface area contributed by atoms with Crippen LogP contribution in [-0.2, 0) is 0 Å². The molecule has 1 fully saturated rings. The highest BCUT2D eigenvalue weighted by atomic mass is 79.9. The van der Waals surface area contributed by atoms with Crippen molar-refractivity contribution < 1.29 is 4.39 Å². The number of nitrogens with one attached hydrogen (secondary N) is 1. The quantitative estimate of drug-likeness (QED) is 0.847. The predicted octanol–water partition coefficient (Wildman–Crippen LogP) is 3.95. The van der Waals surface area contributed by atoms with Crippen molar-refractivity contribution in [3.8, 4) is 17.2 Å². The van der Waals surface area contributed by atoms with Crippen molar-refractivity contribution in [3.05, 3.63) is 40.5 Å². The van der Waals surface area contributed by atoms with Gasteiger partial charge in [-0.05, 0) is 34.5 Å². The van der Waals surface area contributed by atoms with Crippen LogP contribution in [0.5, 0.6) is 0 Å². The summed E-state index contributed by atoms with van der Waals surface area (Å²) in [6, 6.07) is 4.98. The Labute approximate surface area is 125 Å². The molecular weight excluding hydrogens is 320 g/mol. The molecule has 3 rings (SSSR count). The van der Waals surface area contributed by atoms with Crippen LogP contribution in [0.4, 0.5) is 4.39 Å². The van der Waals surface area contributed by atoms with Gasteiger partial charge in [-0.1, -0.05) is 18.8 Å². The molecule has 1 N–H and O–H groups in total. The van der Waals surface area contributed by atoms with E-state index >= 15 is 0 Å². The summed E-state index contributed by atoms with van der Waals surface area (Å²) < 4.78 is 14.0. The van der Waals surface area contributed by atoms with E-state index in [0.717, 1.165) is 36.2 Å². The van der Waals surface area contributed by atoms with Crippen LogP contribution in [0.25, 0.3) is 11.3 Å². The van der Waals surface area contributed by atoms with E-state index in [1.807, 2.05) is 6.07 Å². The number of nitriles is 1. The Balaban J connectivity index is 1.90. The van der Waals surface area contributed by atoms with Crippen LogP contribution >= 0.6 is 15.9 Å². The van der Waals surface area contributed by atoms with E-state index in [2.05, 4.69) is 31.9 Å². The number of nitrogens with zero attached hydrogens (tertiary/aromatic N) is 2. The van der Waals surface area contributed by atoms with Crippen LogP contribution in [0.15, 0.2) is 28.9 Å². The first kappa shape index (κ1) is 13.4. The number of aromatic amines is 1. The maximum Gasteiger partial charge on any atom is 0.278 e. The second kappa shape index (κ2) is 5.41. The first-order valence-electron chi connectivity index (χ1n) is 6.59. The van der Waals surface area contributed by atoms with Crippen molar-refractivity contribution >= 4 is 22.6 Å². The van der Waals surface area contributed by atoms with Gasteiger partial charge in [0.1, 0.15) is 11.6 Å². The van der Waals surface area contributed by atoms with Crippen molar-refractivity contribution in [2.45, 2.75) is 25.0 Å². The molecule has 0 radical (unpaired) electrons. The Morgan fingerprint density at radius 3 is 3.10 bits per heavy atom. The third-order valence-electron chi connectivity index (χ3n) is 3.86. The molecule has 0 bridgehead atoms. The molecule has 0 amide bonds. The summed E-state index contributed by atoms with van der Waals surface area (Å²) in [4.78, 5) is 7.62. The van der Waals surface area contributed by atoms with E-state index in [1.165, 1.54) is 6.07 Å². The van der Waals surface area contributed by atoms with Crippen molar-refractivity contribution in [3.63, 3.8) is 0 Å². The minimum Gasteiger partial charge on any atom is -0.342 e. The number of rotatable bonds is 2. The summed E-state index contributed by atoms with van der Waals surface area (Å²) in [5, 5.41) is 9.14. The maximum absolute atomic E-state index is 13.6. The normalized spacial score (nSPS) is 18.2. The molecule has 2 aromatic rings. The molecule has 1 aromatic heterocycles. The minimum atomic E-state index is -0.297. The molecule has 1 aromatic carbocycles. The van der Waals surface area contributed by atoms with E-state index in [1.54, 1.807) is 12.3 Å². The standard InChI is InChI=1S/C14H12BBrFN3/c16-11-4-3-9(6-12(11)17)13-7-19-14(20-13)10-2-1-5-15(10)8-18/h3-4,6-7,10H,1-2,5H2,(H,19,20)/t10-/m0/s1. The highest BCUT2D eigenvalue weighted by Gasteiger charge is 2.34. The molecular formula is C14H12BBrFN3. The third-order valence-corrected chi connectivity index (χ3v) is 4.50. The number of aromatic nitrogens is 2. The maximum atomic E-state index is 13.6. The Morgan fingerprint density at radius 2 is 2.35 bits per heavy atom. The molecule has 1 aliphatic heterocycles. The highest BCUT2D eigenvalue weighted by Crippen LogP contribution is 2.33. The molecule has 20 heavy (non-hydrogen) atoms. The lowest BCUT2D eigenvalue weighted by Gasteiger charge is -2.07. The first-order chi connectivity index (χ1) is 9.69. The highest BCUT2D eigenvalue weighted by molar-refractivity contribution is 9.10. The van der Waals surface area contributed by atoms with Gasteiger partial charge in [-0.2, -0.15) is 0 Å². The molecule has 3 nitrogen and oxygen atoms in total. The molecule has 100 valence electrons. The molecule has 0 unspecified atom stereocenters. The van der Waals surface area contributed by atoms with Gasteiger partial charge in [-0.3, -0.25) is 0 Å². The molecule has 1 saturated heterocycles. The lowest BCUT2D eigenvalue weighted by Crippen LogP contribution is -2.16. The van der Waals surface area contributed by atoms with E-state index in [4.69, 9.17) is 5.26 Å². The summed E-state index contributed by atoms with van der Waals surface area (Å²) >= 11 is 3.14. The van der Waals surface area contributed by atoms with Gasteiger partial charge in [0.15, 0.2) is 0 Å². The Kier molecular flexibility index (Phi) is 3.62. The fraction of sp³-hybridized carbons (Fsp3) is 0.286. The number of H-pyrrole nitrogens is 1. The fourth-order valence-corrected chi connectivity index (χ4v) is 3.02. The minimum absolute atomic E-state index is 0.0376. The van der Waals surface area contributed by atoms with Crippen LogP contribution in [0, 0.1) is 17.0 Å². The first-order valence-corrected chi connectivity index (χ1v) is 7.38.